The Morgan fingerprint density at radius 2 is 2.31 bits per heavy atom. The van der Waals surface area contributed by atoms with Crippen LogP contribution in [0.2, 0.25) is 0 Å². The Morgan fingerprint density at radius 1 is 1.50 bits per heavy atom. The Morgan fingerprint density at radius 3 is 3.00 bits per heavy atom. The average molecular weight is 226 g/mol. The van der Waals surface area contributed by atoms with Gasteiger partial charge in [0, 0.05) is 13.5 Å². The standard InChI is InChI=1S/C12H18O4/c1-3-8-15-10(13)11-5-4-6-12(11,14-2)16-9-7-11/h3H,1,4-9H2,2H3. The topological polar surface area (TPSA) is 44.8 Å². The highest BCUT2D eigenvalue weighted by molar-refractivity contribution is 5.79. The largest absolute Gasteiger partial charge is 0.461 e. The van der Waals surface area contributed by atoms with Gasteiger partial charge >= 0.3 is 5.97 Å². The van der Waals surface area contributed by atoms with Gasteiger partial charge in [-0.3, -0.25) is 4.79 Å². The van der Waals surface area contributed by atoms with E-state index in [0.717, 1.165) is 19.3 Å². The van der Waals surface area contributed by atoms with Crippen LogP contribution in [-0.4, -0.2) is 32.1 Å². The molecule has 1 saturated heterocycles. The molecular weight excluding hydrogens is 208 g/mol. The van der Waals surface area contributed by atoms with Gasteiger partial charge in [0.15, 0.2) is 5.79 Å². The van der Waals surface area contributed by atoms with Crippen molar-refractivity contribution in [1.29, 1.82) is 0 Å². The molecule has 0 bridgehead atoms. The van der Waals surface area contributed by atoms with Crippen LogP contribution >= 0.6 is 0 Å². The number of ether oxygens (including phenoxy) is 3. The van der Waals surface area contributed by atoms with Crippen molar-refractivity contribution < 1.29 is 19.0 Å². The summed E-state index contributed by atoms with van der Waals surface area (Å²) in [5.74, 6) is -0.949. The number of carbonyl (C=O) groups excluding carboxylic acids is 1. The quantitative estimate of drug-likeness (QED) is 0.540. The van der Waals surface area contributed by atoms with Gasteiger partial charge in [-0.25, -0.2) is 0 Å². The molecule has 1 aliphatic heterocycles. The molecule has 0 aromatic rings. The third-order valence-electron chi connectivity index (χ3n) is 3.76. The van der Waals surface area contributed by atoms with E-state index in [0.29, 0.717) is 13.0 Å². The summed E-state index contributed by atoms with van der Waals surface area (Å²) in [4.78, 5) is 12.1. The van der Waals surface area contributed by atoms with Crippen LogP contribution in [0.1, 0.15) is 25.7 Å². The first-order chi connectivity index (χ1) is 7.71. The number of esters is 1. The molecule has 0 aromatic heterocycles. The molecule has 16 heavy (non-hydrogen) atoms. The van der Waals surface area contributed by atoms with Crippen molar-refractivity contribution >= 4 is 5.97 Å². The van der Waals surface area contributed by atoms with Gasteiger partial charge in [-0.05, 0) is 19.3 Å². The summed E-state index contributed by atoms with van der Waals surface area (Å²) >= 11 is 0. The minimum Gasteiger partial charge on any atom is -0.461 e. The zero-order chi connectivity index (χ0) is 11.6. The first-order valence-electron chi connectivity index (χ1n) is 5.68. The molecule has 90 valence electrons. The summed E-state index contributed by atoms with van der Waals surface area (Å²) in [7, 11) is 1.60. The monoisotopic (exact) mass is 226 g/mol. The molecule has 2 unspecified atom stereocenters. The number of carbonyl (C=O) groups is 1. The fourth-order valence-corrected chi connectivity index (χ4v) is 2.96. The van der Waals surface area contributed by atoms with Gasteiger partial charge in [-0.1, -0.05) is 12.7 Å². The minimum atomic E-state index is -0.745. The predicted octanol–water partition coefficient (Wildman–Crippen LogP) is 1.65. The smallest absolute Gasteiger partial charge is 0.317 e. The summed E-state index contributed by atoms with van der Waals surface area (Å²) in [6.07, 6.45) is 4.77. The maximum atomic E-state index is 12.1. The third-order valence-corrected chi connectivity index (χ3v) is 3.76. The van der Waals surface area contributed by atoms with Crippen molar-refractivity contribution in [3.8, 4) is 0 Å². The van der Waals surface area contributed by atoms with E-state index in [1.165, 1.54) is 0 Å². The molecule has 0 N–H and O–H groups in total. The Labute approximate surface area is 95.6 Å². The molecule has 1 aliphatic carbocycles. The second-order valence-electron chi connectivity index (χ2n) is 4.38. The van der Waals surface area contributed by atoms with Gasteiger partial charge in [0.25, 0.3) is 0 Å². The average Bonchev–Trinajstić information content (AvgIpc) is 2.81. The van der Waals surface area contributed by atoms with Crippen molar-refractivity contribution in [2.24, 2.45) is 5.41 Å². The van der Waals surface area contributed by atoms with E-state index in [2.05, 4.69) is 6.58 Å². The van der Waals surface area contributed by atoms with Crippen LogP contribution in [0.5, 0.6) is 0 Å². The first-order valence-corrected chi connectivity index (χ1v) is 5.68. The van der Waals surface area contributed by atoms with Crippen LogP contribution in [-0.2, 0) is 19.0 Å². The maximum absolute atomic E-state index is 12.1. The van der Waals surface area contributed by atoms with Gasteiger partial charge in [0.05, 0.1) is 6.61 Å². The first kappa shape index (κ1) is 11.6. The summed E-state index contributed by atoms with van der Waals surface area (Å²) in [6.45, 7) is 4.36. The van der Waals surface area contributed by atoms with E-state index in [1.807, 2.05) is 0 Å². The lowest BCUT2D eigenvalue weighted by Gasteiger charge is -2.35. The second-order valence-corrected chi connectivity index (χ2v) is 4.38. The van der Waals surface area contributed by atoms with Crippen LogP contribution < -0.4 is 0 Å². The van der Waals surface area contributed by atoms with Crippen LogP contribution in [0.3, 0.4) is 0 Å². The molecule has 4 heteroatoms. The summed E-state index contributed by atoms with van der Waals surface area (Å²) < 4.78 is 16.3. The normalized spacial score (nSPS) is 37.1. The maximum Gasteiger partial charge on any atom is 0.317 e. The van der Waals surface area contributed by atoms with E-state index < -0.39 is 11.2 Å². The summed E-state index contributed by atoms with van der Waals surface area (Å²) in [6, 6.07) is 0. The molecule has 2 rings (SSSR count). The Balaban J connectivity index is 2.21. The number of hydrogen-bond donors (Lipinski definition) is 0. The van der Waals surface area contributed by atoms with Crippen LogP contribution in [0.25, 0.3) is 0 Å². The molecule has 0 spiro atoms. The van der Waals surface area contributed by atoms with E-state index >= 15 is 0 Å². The van der Waals surface area contributed by atoms with Gasteiger partial charge < -0.3 is 14.2 Å². The zero-order valence-corrected chi connectivity index (χ0v) is 9.66. The van der Waals surface area contributed by atoms with Crippen LogP contribution in [0.15, 0.2) is 12.7 Å². The van der Waals surface area contributed by atoms with E-state index in [1.54, 1.807) is 13.2 Å². The number of rotatable bonds is 4. The highest BCUT2D eigenvalue weighted by Gasteiger charge is 2.65. The van der Waals surface area contributed by atoms with Crippen LogP contribution in [0.4, 0.5) is 0 Å². The fraction of sp³-hybridized carbons (Fsp3) is 0.750. The summed E-state index contributed by atoms with van der Waals surface area (Å²) in [5.41, 5.74) is -0.592. The molecular formula is C12H18O4. The predicted molar refractivity (Wildman–Crippen MR) is 57.7 cm³/mol. The Kier molecular flexibility index (Phi) is 3.04. The van der Waals surface area contributed by atoms with Crippen molar-refractivity contribution in [1.82, 2.24) is 0 Å². The molecule has 1 saturated carbocycles. The van der Waals surface area contributed by atoms with Crippen LogP contribution in [0, 0.1) is 5.41 Å². The van der Waals surface area contributed by atoms with Gasteiger partial charge in [-0.2, -0.15) is 0 Å². The Bertz CT molecular complexity index is 287. The lowest BCUT2D eigenvalue weighted by molar-refractivity contribution is -0.237. The lowest BCUT2D eigenvalue weighted by atomic mass is 9.80. The number of hydrogen-bond acceptors (Lipinski definition) is 4. The van der Waals surface area contributed by atoms with Gasteiger partial charge in [0.1, 0.15) is 12.0 Å². The fourth-order valence-electron chi connectivity index (χ4n) is 2.96. The van der Waals surface area contributed by atoms with Crippen molar-refractivity contribution in [3.63, 3.8) is 0 Å². The lowest BCUT2D eigenvalue weighted by Crippen LogP contribution is -2.48. The van der Waals surface area contributed by atoms with Gasteiger partial charge in [0.2, 0.25) is 0 Å². The zero-order valence-electron chi connectivity index (χ0n) is 9.66. The second kappa shape index (κ2) is 4.18. The molecule has 0 amide bonds. The molecule has 2 aliphatic rings. The van der Waals surface area contributed by atoms with E-state index in [9.17, 15) is 4.79 Å². The SMILES string of the molecule is C=CCOC(=O)C12CCCC1(OC)OCC2. The highest BCUT2D eigenvalue weighted by Crippen LogP contribution is 2.56. The summed E-state index contributed by atoms with van der Waals surface area (Å²) in [5, 5.41) is 0. The van der Waals surface area contributed by atoms with E-state index in [-0.39, 0.29) is 12.6 Å². The number of fused-ring (bicyclic) bond motifs is 1. The Hall–Kier alpha value is -0.870. The number of methoxy groups -OCH3 is 1. The highest BCUT2D eigenvalue weighted by atomic mass is 16.7. The molecule has 2 atom stereocenters. The van der Waals surface area contributed by atoms with Crippen molar-refractivity contribution in [3.05, 3.63) is 12.7 Å². The molecule has 4 nitrogen and oxygen atoms in total. The minimum absolute atomic E-state index is 0.204. The van der Waals surface area contributed by atoms with E-state index in [4.69, 9.17) is 14.2 Å². The molecule has 1 heterocycles. The molecule has 0 aromatic carbocycles. The molecule has 0 radical (unpaired) electrons. The van der Waals surface area contributed by atoms with Gasteiger partial charge in [-0.15, -0.1) is 0 Å². The molecule has 2 fully saturated rings. The van der Waals surface area contributed by atoms with Crippen molar-refractivity contribution in [2.45, 2.75) is 31.5 Å². The van der Waals surface area contributed by atoms with Crippen molar-refractivity contribution in [2.75, 3.05) is 20.3 Å². The third kappa shape index (κ3) is 1.40.